The number of anilines is 1. The third-order valence-corrected chi connectivity index (χ3v) is 3.65. The summed E-state index contributed by atoms with van der Waals surface area (Å²) in [5.74, 6) is -0.173. The van der Waals surface area contributed by atoms with Gasteiger partial charge in [-0.1, -0.05) is 24.6 Å². The Balaban J connectivity index is 2.11. The summed E-state index contributed by atoms with van der Waals surface area (Å²) in [7, 11) is 2.09. The van der Waals surface area contributed by atoms with Crippen molar-refractivity contribution < 1.29 is 9.53 Å². The van der Waals surface area contributed by atoms with Crippen LogP contribution in [0.2, 0.25) is 0 Å². The molecule has 0 saturated heterocycles. The van der Waals surface area contributed by atoms with Gasteiger partial charge in [-0.05, 0) is 31.4 Å². The van der Waals surface area contributed by atoms with Crippen LogP contribution in [-0.2, 0) is 9.53 Å². The number of ether oxygens (including phenoxy) is 1. The lowest BCUT2D eigenvalue weighted by Gasteiger charge is -2.38. The first-order valence-corrected chi connectivity index (χ1v) is 6.63. The summed E-state index contributed by atoms with van der Waals surface area (Å²) < 4.78 is 5.47. The molecule has 0 N–H and O–H groups in total. The van der Waals surface area contributed by atoms with Gasteiger partial charge in [-0.25, -0.2) is 0 Å². The molecule has 0 spiro atoms. The van der Waals surface area contributed by atoms with E-state index in [1.165, 1.54) is 19.0 Å². The zero-order valence-corrected chi connectivity index (χ0v) is 11.1. The van der Waals surface area contributed by atoms with Crippen LogP contribution >= 0.6 is 0 Å². The fourth-order valence-corrected chi connectivity index (χ4v) is 2.73. The molecule has 1 saturated carbocycles. The lowest BCUT2D eigenvalue weighted by Crippen LogP contribution is -2.45. The summed E-state index contributed by atoms with van der Waals surface area (Å²) in [4.78, 5) is 13.4. The van der Waals surface area contributed by atoms with E-state index in [4.69, 9.17) is 4.74 Å². The van der Waals surface area contributed by atoms with Crippen LogP contribution in [0.3, 0.4) is 0 Å². The number of para-hydroxylation sites is 1. The Bertz CT molecular complexity index is 391. The van der Waals surface area contributed by atoms with E-state index >= 15 is 0 Å². The van der Waals surface area contributed by atoms with Crippen molar-refractivity contribution in [3.8, 4) is 0 Å². The fraction of sp³-hybridized carbons (Fsp3) is 0.533. The normalized spacial score (nSPS) is 23.4. The fourth-order valence-electron chi connectivity index (χ4n) is 2.73. The molecule has 1 aliphatic carbocycles. The highest BCUT2D eigenvalue weighted by Gasteiger charge is 2.30. The highest BCUT2D eigenvalue weighted by molar-refractivity contribution is 5.66. The molecule has 18 heavy (non-hydrogen) atoms. The average molecular weight is 247 g/mol. The van der Waals surface area contributed by atoms with E-state index in [1.807, 2.05) is 18.2 Å². The third kappa shape index (κ3) is 3.03. The Morgan fingerprint density at radius 1 is 1.22 bits per heavy atom. The Hall–Kier alpha value is -1.51. The highest BCUT2D eigenvalue weighted by atomic mass is 16.5. The van der Waals surface area contributed by atoms with Gasteiger partial charge in [-0.15, -0.1) is 0 Å². The zero-order valence-electron chi connectivity index (χ0n) is 11.1. The largest absolute Gasteiger partial charge is 0.460 e. The van der Waals surface area contributed by atoms with Gasteiger partial charge in [0.25, 0.3) is 0 Å². The van der Waals surface area contributed by atoms with E-state index in [0.717, 1.165) is 19.3 Å². The molecule has 0 aliphatic heterocycles. The number of rotatable bonds is 3. The molecule has 3 nitrogen and oxygen atoms in total. The van der Waals surface area contributed by atoms with Crippen LogP contribution in [-0.4, -0.2) is 25.2 Å². The van der Waals surface area contributed by atoms with Crippen LogP contribution in [0.4, 0.5) is 5.69 Å². The number of carbonyl (C=O) groups is 1. The smallest absolute Gasteiger partial charge is 0.302 e. The first-order valence-electron chi connectivity index (χ1n) is 6.63. The Labute approximate surface area is 109 Å². The van der Waals surface area contributed by atoms with E-state index in [0.29, 0.717) is 6.04 Å². The number of nitrogens with zero attached hydrogens (tertiary/aromatic N) is 1. The zero-order chi connectivity index (χ0) is 13.0. The van der Waals surface area contributed by atoms with Gasteiger partial charge >= 0.3 is 5.97 Å². The van der Waals surface area contributed by atoms with Crippen LogP contribution in [0.1, 0.15) is 32.6 Å². The van der Waals surface area contributed by atoms with Gasteiger partial charge in [0.15, 0.2) is 0 Å². The van der Waals surface area contributed by atoms with Crippen LogP contribution in [0, 0.1) is 0 Å². The second-order valence-corrected chi connectivity index (χ2v) is 4.95. The third-order valence-electron chi connectivity index (χ3n) is 3.65. The first kappa shape index (κ1) is 12.9. The van der Waals surface area contributed by atoms with E-state index in [9.17, 15) is 4.79 Å². The topological polar surface area (TPSA) is 29.5 Å². The van der Waals surface area contributed by atoms with Crippen LogP contribution in [0.5, 0.6) is 0 Å². The second-order valence-electron chi connectivity index (χ2n) is 4.95. The van der Waals surface area contributed by atoms with Crippen molar-refractivity contribution in [2.75, 3.05) is 11.9 Å². The van der Waals surface area contributed by atoms with E-state index < -0.39 is 0 Å². The van der Waals surface area contributed by atoms with Gasteiger partial charge in [-0.3, -0.25) is 4.79 Å². The van der Waals surface area contributed by atoms with Crippen molar-refractivity contribution in [3.05, 3.63) is 30.3 Å². The minimum absolute atomic E-state index is 0.0291. The Morgan fingerprint density at radius 2 is 1.89 bits per heavy atom. The van der Waals surface area contributed by atoms with Crippen molar-refractivity contribution in [2.45, 2.75) is 44.8 Å². The molecule has 1 fully saturated rings. The van der Waals surface area contributed by atoms with E-state index in [1.54, 1.807) is 0 Å². The molecule has 1 aromatic carbocycles. The Kier molecular flexibility index (Phi) is 4.24. The van der Waals surface area contributed by atoms with Crippen molar-refractivity contribution in [3.63, 3.8) is 0 Å². The van der Waals surface area contributed by atoms with Crippen molar-refractivity contribution in [2.24, 2.45) is 0 Å². The molecule has 0 unspecified atom stereocenters. The minimum Gasteiger partial charge on any atom is -0.460 e. The standard InChI is InChI=1S/C15H21NO2/c1-12(17)18-15-11-7-6-10-14(15)16(2)13-8-4-3-5-9-13/h3-5,8-9,14-15H,6-7,10-11H2,1-2H3/t14-,15-/m0/s1. The van der Waals surface area contributed by atoms with Gasteiger partial charge in [-0.2, -0.15) is 0 Å². The van der Waals surface area contributed by atoms with Gasteiger partial charge in [0.2, 0.25) is 0 Å². The predicted octanol–water partition coefficient (Wildman–Crippen LogP) is 3.00. The highest BCUT2D eigenvalue weighted by Crippen LogP contribution is 2.28. The molecule has 0 aromatic heterocycles. The van der Waals surface area contributed by atoms with Gasteiger partial charge < -0.3 is 9.64 Å². The maximum absolute atomic E-state index is 11.2. The molecular weight excluding hydrogens is 226 g/mol. The summed E-state index contributed by atoms with van der Waals surface area (Å²) in [6, 6.07) is 10.6. The summed E-state index contributed by atoms with van der Waals surface area (Å²) in [6.45, 7) is 1.49. The van der Waals surface area contributed by atoms with Gasteiger partial charge in [0.05, 0.1) is 6.04 Å². The second kappa shape index (κ2) is 5.89. The van der Waals surface area contributed by atoms with Crippen molar-refractivity contribution in [1.29, 1.82) is 0 Å². The van der Waals surface area contributed by atoms with Gasteiger partial charge in [0.1, 0.15) is 6.10 Å². The quantitative estimate of drug-likeness (QED) is 0.769. The number of likely N-dealkylation sites (N-methyl/N-ethyl adjacent to an activating group) is 1. The molecular formula is C15H21NO2. The number of esters is 1. The molecule has 2 rings (SSSR count). The molecule has 0 radical (unpaired) electrons. The number of hydrogen-bond donors (Lipinski definition) is 0. The maximum Gasteiger partial charge on any atom is 0.302 e. The molecule has 0 amide bonds. The summed E-state index contributed by atoms with van der Waals surface area (Å²) in [5.41, 5.74) is 1.18. The molecule has 0 bridgehead atoms. The monoisotopic (exact) mass is 247 g/mol. The lowest BCUT2D eigenvalue weighted by molar-refractivity contribution is -0.148. The SMILES string of the molecule is CC(=O)O[C@H]1CCCC[C@@H]1N(C)c1ccccc1. The molecule has 3 heteroatoms. The van der Waals surface area contributed by atoms with E-state index in [2.05, 4.69) is 24.1 Å². The minimum atomic E-state index is -0.173. The Morgan fingerprint density at radius 3 is 2.56 bits per heavy atom. The van der Waals surface area contributed by atoms with Crippen LogP contribution < -0.4 is 4.90 Å². The number of carbonyl (C=O) groups excluding carboxylic acids is 1. The molecule has 98 valence electrons. The van der Waals surface area contributed by atoms with Crippen LogP contribution in [0.15, 0.2) is 30.3 Å². The lowest BCUT2D eigenvalue weighted by atomic mass is 9.91. The molecule has 1 aromatic rings. The van der Waals surface area contributed by atoms with E-state index in [-0.39, 0.29) is 12.1 Å². The molecule has 0 heterocycles. The van der Waals surface area contributed by atoms with Crippen molar-refractivity contribution >= 4 is 11.7 Å². The average Bonchev–Trinajstić information content (AvgIpc) is 2.39. The molecule has 1 aliphatic rings. The van der Waals surface area contributed by atoms with Crippen LogP contribution in [0.25, 0.3) is 0 Å². The molecule has 2 atom stereocenters. The van der Waals surface area contributed by atoms with Crippen molar-refractivity contribution in [1.82, 2.24) is 0 Å². The summed E-state index contributed by atoms with van der Waals surface area (Å²) >= 11 is 0. The van der Waals surface area contributed by atoms with Gasteiger partial charge in [0, 0.05) is 19.7 Å². The predicted molar refractivity (Wildman–Crippen MR) is 72.7 cm³/mol. The summed E-state index contributed by atoms with van der Waals surface area (Å²) in [6.07, 6.45) is 4.45. The maximum atomic E-state index is 11.2. The summed E-state index contributed by atoms with van der Waals surface area (Å²) in [5, 5.41) is 0. The number of hydrogen-bond acceptors (Lipinski definition) is 3. The number of benzene rings is 1. The first-order chi connectivity index (χ1) is 8.68.